The van der Waals surface area contributed by atoms with Crippen molar-refractivity contribution in [3.63, 3.8) is 0 Å². The summed E-state index contributed by atoms with van der Waals surface area (Å²) in [6, 6.07) is 4.82. The topological polar surface area (TPSA) is 37.4 Å². The Morgan fingerprint density at radius 2 is 1.70 bits per heavy atom. The van der Waals surface area contributed by atoms with Gasteiger partial charge >= 0.3 is 0 Å². The number of halogens is 2. The van der Waals surface area contributed by atoms with E-state index >= 15 is 0 Å². The monoisotopic (exact) mass is 377 g/mol. The fourth-order valence-electron chi connectivity index (χ4n) is 2.23. The summed E-state index contributed by atoms with van der Waals surface area (Å²) in [6.07, 6.45) is 4.62. The first kappa shape index (κ1) is 14.8. The largest absolute Gasteiger partial charge is 0.243 e. The maximum atomic E-state index is 12.8. The highest BCUT2D eigenvalue weighted by Gasteiger charge is 2.35. The van der Waals surface area contributed by atoms with Crippen LogP contribution < -0.4 is 0 Å². The van der Waals surface area contributed by atoms with E-state index in [4.69, 9.17) is 11.6 Å². The van der Waals surface area contributed by atoms with E-state index in [2.05, 4.69) is 15.9 Å². The van der Waals surface area contributed by atoms with Gasteiger partial charge in [-0.1, -0.05) is 11.6 Å². The molecule has 2 fully saturated rings. The van der Waals surface area contributed by atoms with E-state index in [0.717, 1.165) is 25.7 Å². The van der Waals surface area contributed by atoms with Crippen LogP contribution in [0.3, 0.4) is 0 Å². The average molecular weight is 379 g/mol. The molecule has 0 saturated heterocycles. The summed E-state index contributed by atoms with van der Waals surface area (Å²) in [5, 5.41) is 0.528. The zero-order valence-electron chi connectivity index (χ0n) is 11.1. The van der Waals surface area contributed by atoms with Gasteiger partial charge in [0.2, 0.25) is 10.0 Å². The standard InChI is InChI=1S/C14H17BrClNO2S/c15-13-7-12(5-6-14(13)16)20(18,19)17(8-10-1-2-10)9-11-3-4-11/h5-7,10-11H,1-4,8-9H2. The van der Waals surface area contributed by atoms with Crippen LogP contribution in [0, 0.1) is 11.8 Å². The summed E-state index contributed by atoms with van der Waals surface area (Å²) in [5.41, 5.74) is 0. The van der Waals surface area contributed by atoms with E-state index in [1.54, 1.807) is 22.5 Å². The molecule has 1 aromatic carbocycles. The highest BCUT2D eigenvalue weighted by Crippen LogP contribution is 2.36. The Morgan fingerprint density at radius 1 is 1.15 bits per heavy atom. The zero-order valence-corrected chi connectivity index (χ0v) is 14.2. The van der Waals surface area contributed by atoms with Gasteiger partial charge in [0.15, 0.2) is 0 Å². The molecular weight excluding hydrogens is 362 g/mol. The highest BCUT2D eigenvalue weighted by atomic mass is 79.9. The highest BCUT2D eigenvalue weighted by molar-refractivity contribution is 9.10. The molecule has 3 nitrogen and oxygen atoms in total. The fraction of sp³-hybridized carbons (Fsp3) is 0.571. The smallest absolute Gasteiger partial charge is 0.207 e. The summed E-state index contributed by atoms with van der Waals surface area (Å²) in [6.45, 7) is 1.33. The van der Waals surface area contributed by atoms with Crippen LogP contribution in [0.15, 0.2) is 27.6 Å². The van der Waals surface area contributed by atoms with Crippen LogP contribution in [0.4, 0.5) is 0 Å². The normalized spacial score (nSPS) is 19.6. The van der Waals surface area contributed by atoms with E-state index < -0.39 is 10.0 Å². The van der Waals surface area contributed by atoms with Crippen molar-refractivity contribution in [3.8, 4) is 0 Å². The quantitative estimate of drug-likeness (QED) is 0.752. The van der Waals surface area contributed by atoms with Gasteiger partial charge in [-0.2, -0.15) is 4.31 Å². The summed E-state index contributed by atoms with van der Waals surface area (Å²) in [4.78, 5) is 0.329. The number of rotatable bonds is 6. The lowest BCUT2D eigenvalue weighted by molar-refractivity contribution is 0.382. The molecule has 0 spiro atoms. The van der Waals surface area contributed by atoms with Gasteiger partial charge in [-0.05, 0) is 71.6 Å². The predicted octanol–water partition coefficient (Wildman–Crippen LogP) is 3.91. The van der Waals surface area contributed by atoms with Crippen molar-refractivity contribution < 1.29 is 8.42 Å². The number of sulfonamides is 1. The first-order chi connectivity index (χ1) is 9.46. The fourth-order valence-corrected chi connectivity index (χ4v) is 4.50. The summed E-state index contributed by atoms with van der Waals surface area (Å²) >= 11 is 9.24. The lowest BCUT2D eigenvalue weighted by Crippen LogP contribution is -2.34. The molecule has 1 aromatic rings. The van der Waals surface area contributed by atoms with Gasteiger partial charge < -0.3 is 0 Å². The minimum atomic E-state index is -3.41. The summed E-state index contributed by atoms with van der Waals surface area (Å²) in [7, 11) is -3.41. The molecule has 0 aromatic heterocycles. The SMILES string of the molecule is O=S(=O)(c1ccc(Cl)c(Br)c1)N(CC1CC1)CC1CC1. The second-order valence-corrected chi connectivity index (χ2v) is 8.98. The third-order valence-electron chi connectivity index (χ3n) is 3.85. The molecule has 110 valence electrons. The molecule has 0 heterocycles. The molecule has 2 saturated carbocycles. The maximum absolute atomic E-state index is 12.8. The first-order valence-electron chi connectivity index (χ1n) is 6.92. The van der Waals surface area contributed by atoms with Gasteiger partial charge in [-0.15, -0.1) is 0 Å². The molecule has 6 heteroatoms. The molecule has 2 aliphatic rings. The zero-order chi connectivity index (χ0) is 14.3. The van der Waals surface area contributed by atoms with Crippen molar-refractivity contribution in [2.45, 2.75) is 30.6 Å². The van der Waals surface area contributed by atoms with Crippen LogP contribution >= 0.6 is 27.5 Å². The van der Waals surface area contributed by atoms with Gasteiger partial charge in [0.1, 0.15) is 0 Å². The van der Waals surface area contributed by atoms with E-state index in [0.29, 0.717) is 39.3 Å². The summed E-state index contributed by atoms with van der Waals surface area (Å²) in [5.74, 6) is 1.11. The molecule has 0 amide bonds. The first-order valence-corrected chi connectivity index (χ1v) is 9.53. The molecule has 0 radical (unpaired) electrons. The van der Waals surface area contributed by atoms with Crippen LogP contribution in [0.25, 0.3) is 0 Å². The average Bonchev–Trinajstić information content (AvgIpc) is 3.26. The van der Waals surface area contributed by atoms with E-state index in [1.807, 2.05) is 0 Å². The Hall–Kier alpha value is -0.100. The number of benzene rings is 1. The van der Waals surface area contributed by atoms with Crippen LogP contribution in [0.1, 0.15) is 25.7 Å². The lowest BCUT2D eigenvalue weighted by Gasteiger charge is -2.22. The van der Waals surface area contributed by atoms with Crippen molar-refractivity contribution in [1.29, 1.82) is 0 Å². The third-order valence-corrected chi connectivity index (χ3v) is 6.89. The van der Waals surface area contributed by atoms with Crippen molar-refractivity contribution >= 4 is 37.6 Å². The molecule has 0 N–H and O–H groups in total. The van der Waals surface area contributed by atoms with E-state index in [9.17, 15) is 8.42 Å². The van der Waals surface area contributed by atoms with Gasteiger partial charge in [0.25, 0.3) is 0 Å². The minimum absolute atomic E-state index is 0.329. The molecular formula is C14H17BrClNO2S. The van der Waals surface area contributed by atoms with Gasteiger partial charge in [-0.25, -0.2) is 8.42 Å². The van der Waals surface area contributed by atoms with E-state index in [-0.39, 0.29) is 0 Å². The Labute approximate surface area is 133 Å². The molecule has 3 rings (SSSR count). The molecule has 2 aliphatic carbocycles. The Balaban J connectivity index is 1.86. The second kappa shape index (κ2) is 5.59. The molecule has 0 bridgehead atoms. The minimum Gasteiger partial charge on any atom is -0.207 e. The van der Waals surface area contributed by atoms with Crippen LogP contribution in [-0.4, -0.2) is 25.8 Å². The maximum Gasteiger partial charge on any atom is 0.243 e. The molecule has 0 unspecified atom stereocenters. The van der Waals surface area contributed by atoms with Crippen LogP contribution in [0.5, 0.6) is 0 Å². The van der Waals surface area contributed by atoms with Crippen molar-refractivity contribution in [2.75, 3.05) is 13.1 Å². The van der Waals surface area contributed by atoms with Crippen LogP contribution in [-0.2, 0) is 10.0 Å². The summed E-state index contributed by atoms with van der Waals surface area (Å²) < 4.78 is 27.9. The lowest BCUT2D eigenvalue weighted by atomic mass is 10.4. The third kappa shape index (κ3) is 3.38. The van der Waals surface area contributed by atoms with Crippen molar-refractivity contribution in [3.05, 3.63) is 27.7 Å². The number of nitrogens with zero attached hydrogens (tertiary/aromatic N) is 1. The van der Waals surface area contributed by atoms with Gasteiger partial charge in [-0.3, -0.25) is 0 Å². The van der Waals surface area contributed by atoms with E-state index in [1.165, 1.54) is 0 Å². The molecule has 0 aliphatic heterocycles. The number of hydrogen-bond donors (Lipinski definition) is 0. The van der Waals surface area contributed by atoms with Crippen molar-refractivity contribution in [2.24, 2.45) is 11.8 Å². The van der Waals surface area contributed by atoms with Crippen molar-refractivity contribution in [1.82, 2.24) is 4.31 Å². The molecule has 20 heavy (non-hydrogen) atoms. The Bertz CT molecular complexity index is 598. The second-order valence-electron chi connectivity index (χ2n) is 5.78. The van der Waals surface area contributed by atoms with Gasteiger partial charge in [0, 0.05) is 17.6 Å². The number of hydrogen-bond acceptors (Lipinski definition) is 2. The van der Waals surface area contributed by atoms with Crippen LogP contribution in [0.2, 0.25) is 5.02 Å². The van der Waals surface area contributed by atoms with Gasteiger partial charge in [0.05, 0.1) is 9.92 Å². The molecule has 0 atom stereocenters. The Morgan fingerprint density at radius 3 is 2.15 bits per heavy atom. The predicted molar refractivity (Wildman–Crippen MR) is 83.4 cm³/mol. The Kier molecular flexibility index (Phi) is 4.15.